The van der Waals surface area contributed by atoms with E-state index in [1.807, 2.05) is 31.1 Å². The average molecular weight is 437 g/mol. The lowest BCUT2D eigenvalue weighted by molar-refractivity contribution is 0.0950. The number of benzene rings is 1. The molecule has 0 aliphatic carbocycles. The number of sulfonamides is 1. The summed E-state index contributed by atoms with van der Waals surface area (Å²) in [6.07, 6.45) is 4.38. The van der Waals surface area contributed by atoms with Crippen molar-refractivity contribution in [2.75, 3.05) is 32.1 Å². The Balaban J connectivity index is 1.73. The fraction of sp³-hybridized carbons (Fsp3) is 0.400. The van der Waals surface area contributed by atoms with E-state index in [2.05, 4.69) is 10.3 Å². The summed E-state index contributed by atoms with van der Waals surface area (Å²) in [4.78, 5) is 18.7. The summed E-state index contributed by atoms with van der Waals surface area (Å²) in [5.74, 6) is 0.457. The molecule has 1 aliphatic rings. The number of nitrogens with zero attached hydrogens (tertiary/aromatic N) is 3. The minimum atomic E-state index is -3.72. The predicted molar refractivity (Wildman–Crippen MR) is 114 cm³/mol. The van der Waals surface area contributed by atoms with Gasteiger partial charge in [-0.25, -0.2) is 13.4 Å². The minimum Gasteiger partial charge on any atom is -0.363 e. The Hall–Kier alpha value is -2.16. The quantitative estimate of drug-likeness (QED) is 0.752. The second-order valence-electron chi connectivity index (χ2n) is 7.21. The lowest BCUT2D eigenvalue weighted by atomic mass is 10.2. The lowest BCUT2D eigenvalue weighted by Gasteiger charge is -2.26. The van der Waals surface area contributed by atoms with E-state index in [1.165, 1.54) is 22.5 Å². The number of aromatic nitrogens is 1. The summed E-state index contributed by atoms with van der Waals surface area (Å²) in [5.41, 5.74) is 1.10. The number of pyridine rings is 1. The zero-order valence-electron chi connectivity index (χ0n) is 16.6. The first-order valence-electron chi connectivity index (χ1n) is 9.49. The van der Waals surface area contributed by atoms with Crippen molar-refractivity contribution < 1.29 is 13.2 Å². The number of carbonyl (C=O) groups is 1. The monoisotopic (exact) mass is 436 g/mol. The maximum atomic E-state index is 12.9. The summed E-state index contributed by atoms with van der Waals surface area (Å²) in [6.45, 7) is 1.24. The van der Waals surface area contributed by atoms with Gasteiger partial charge >= 0.3 is 0 Å². The second-order valence-corrected chi connectivity index (χ2v) is 9.53. The molecule has 9 heteroatoms. The Bertz CT molecular complexity index is 972. The Morgan fingerprint density at radius 3 is 2.52 bits per heavy atom. The van der Waals surface area contributed by atoms with Gasteiger partial charge in [-0.05, 0) is 42.7 Å². The maximum absolute atomic E-state index is 12.9. The van der Waals surface area contributed by atoms with Crippen LogP contribution in [0.5, 0.6) is 0 Å². The molecule has 7 nitrogen and oxygen atoms in total. The van der Waals surface area contributed by atoms with E-state index >= 15 is 0 Å². The Kier molecular flexibility index (Phi) is 6.77. The summed E-state index contributed by atoms with van der Waals surface area (Å²) >= 11 is 6.17. The van der Waals surface area contributed by atoms with Crippen molar-refractivity contribution in [2.45, 2.75) is 30.7 Å². The second kappa shape index (κ2) is 9.11. The molecule has 1 amide bonds. The first kappa shape index (κ1) is 21.5. The summed E-state index contributed by atoms with van der Waals surface area (Å²) < 4.78 is 27.3. The van der Waals surface area contributed by atoms with Crippen molar-refractivity contribution in [1.82, 2.24) is 14.6 Å². The minimum absolute atomic E-state index is 0.0225. The fourth-order valence-corrected chi connectivity index (χ4v) is 5.17. The van der Waals surface area contributed by atoms with Crippen LogP contribution in [0.3, 0.4) is 0 Å². The molecule has 3 rings (SSSR count). The first-order chi connectivity index (χ1) is 13.8. The number of halogens is 1. The zero-order valence-corrected chi connectivity index (χ0v) is 18.1. The highest BCUT2D eigenvalue weighted by Gasteiger charge is 2.28. The van der Waals surface area contributed by atoms with Gasteiger partial charge in [-0.1, -0.05) is 24.1 Å². The van der Waals surface area contributed by atoms with Crippen molar-refractivity contribution in [2.24, 2.45) is 0 Å². The van der Waals surface area contributed by atoms with Crippen LogP contribution in [0.1, 0.15) is 35.2 Å². The van der Waals surface area contributed by atoms with Crippen LogP contribution in [0.15, 0.2) is 41.4 Å². The van der Waals surface area contributed by atoms with Gasteiger partial charge in [0.25, 0.3) is 5.91 Å². The molecule has 2 aromatic rings. The van der Waals surface area contributed by atoms with E-state index < -0.39 is 10.0 Å². The van der Waals surface area contributed by atoms with E-state index in [4.69, 9.17) is 11.6 Å². The number of carbonyl (C=O) groups excluding carboxylic acids is 1. The summed E-state index contributed by atoms with van der Waals surface area (Å²) in [5, 5.41) is 2.92. The molecular weight excluding hydrogens is 412 g/mol. The molecule has 29 heavy (non-hydrogen) atoms. The molecule has 156 valence electrons. The van der Waals surface area contributed by atoms with Gasteiger partial charge in [0.1, 0.15) is 10.7 Å². The highest BCUT2D eigenvalue weighted by atomic mass is 35.5. The Morgan fingerprint density at radius 2 is 1.90 bits per heavy atom. The molecule has 0 saturated carbocycles. The predicted octanol–water partition coefficient (Wildman–Crippen LogP) is 2.91. The van der Waals surface area contributed by atoms with Gasteiger partial charge in [0.15, 0.2) is 0 Å². The van der Waals surface area contributed by atoms with E-state index in [1.54, 1.807) is 6.20 Å². The largest absolute Gasteiger partial charge is 0.363 e. The number of piperidine rings is 1. The molecule has 1 saturated heterocycles. The standard InChI is InChI=1S/C20H25ClN4O3S/c1-24(2)19-9-6-15(13-22-19)14-23-20(26)16-7-8-17(21)18(12-16)29(27,28)25-10-4-3-5-11-25/h6-9,12-13H,3-5,10-11,14H2,1-2H3,(H,23,26). The van der Waals surface area contributed by atoms with E-state index in [9.17, 15) is 13.2 Å². The topological polar surface area (TPSA) is 82.6 Å². The SMILES string of the molecule is CN(C)c1ccc(CNC(=O)c2ccc(Cl)c(S(=O)(=O)N3CCCCC3)c2)cn1. The van der Waals surface area contributed by atoms with Gasteiger partial charge in [-0.3, -0.25) is 4.79 Å². The number of hydrogen-bond acceptors (Lipinski definition) is 5. The molecule has 1 aliphatic heterocycles. The smallest absolute Gasteiger partial charge is 0.251 e. The molecule has 2 heterocycles. The number of nitrogens with one attached hydrogen (secondary N) is 1. The van der Waals surface area contributed by atoms with Gasteiger partial charge < -0.3 is 10.2 Å². The van der Waals surface area contributed by atoms with Crippen LogP contribution in [0, 0.1) is 0 Å². The van der Waals surface area contributed by atoms with Gasteiger partial charge in [0.2, 0.25) is 10.0 Å². The maximum Gasteiger partial charge on any atom is 0.251 e. The molecule has 1 aromatic heterocycles. The number of anilines is 1. The van der Waals surface area contributed by atoms with Crippen LogP contribution in [0.4, 0.5) is 5.82 Å². The molecule has 0 unspecified atom stereocenters. The molecule has 1 N–H and O–H groups in total. The molecule has 0 spiro atoms. The van der Waals surface area contributed by atoms with Crippen LogP contribution in [-0.4, -0.2) is 50.8 Å². The number of rotatable bonds is 6. The first-order valence-corrected chi connectivity index (χ1v) is 11.3. The van der Waals surface area contributed by atoms with Gasteiger partial charge in [0, 0.05) is 45.5 Å². The normalized spacial score (nSPS) is 15.1. The summed E-state index contributed by atoms with van der Waals surface area (Å²) in [7, 11) is 0.0832. The van der Waals surface area contributed by atoms with Crippen LogP contribution in [-0.2, 0) is 16.6 Å². The molecule has 1 fully saturated rings. The van der Waals surface area contributed by atoms with E-state index in [0.29, 0.717) is 13.1 Å². The van der Waals surface area contributed by atoms with Crippen molar-refractivity contribution in [1.29, 1.82) is 0 Å². The van der Waals surface area contributed by atoms with Gasteiger partial charge in [-0.2, -0.15) is 4.31 Å². The molecule has 1 aromatic carbocycles. The van der Waals surface area contributed by atoms with E-state index in [-0.39, 0.29) is 27.9 Å². The summed E-state index contributed by atoms with van der Waals surface area (Å²) in [6, 6.07) is 8.10. The van der Waals surface area contributed by atoms with Crippen LogP contribution >= 0.6 is 11.6 Å². The third kappa shape index (κ3) is 5.07. The average Bonchev–Trinajstić information content (AvgIpc) is 2.73. The number of hydrogen-bond donors (Lipinski definition) is 1. The van der Waals surface area contributed by atoms with Crippen LogP contribution in [0.2, 0.25) is 5.02 Å². The van der Waals surface area contributed by atoms with Crippen molar-refractivity contribution in [3.8, 4) is 0 Å². The number of amides is 1. The van der Waals surface area contributed by atoms with Crippen molar-refractivity contribution in [3.63, 3.8) is 0 Å². The highest BCUT2D eigenvalue weighted by molar-refractivity contribution is 7.89. The third-order valence-corrected chi connectivity index (χ3v) is 7.23. The highest BCUT2D eigenvalue weighted by Crippen LogP contribution is 2.28. The fourth-order valence-electron chi connectivity index (χ4n) is 3.16. The Labute approximate surface area is 176 Å². The molecular formula is C20H25ClN4O3S. The van der Waals surface area contributed by atoms with Crippen LogP contribution in [0.25, 0.3) is 0 Å². The zero-order chi connectivity index (χ0) is 21.0. The van der Waals surface area contributed by atoms with Gasteiger partial charge in [-0.15, -0.1) is 0 Å². The van der Waals surface area contributed by atoms with E-state index in [0.717, 1.165) is 30.6 Å². The lowest BCUT2D eigenvalue weighted by Crippen LogP contribution is -2.36. The Morgan fingerprint density at radius 1 is 1.17 bits per heavy atom. The van der Waals surface area contributed by atoms with Crippen molar-refractivity contribution >= 4 is 33.3 Å². The van der Waals surface area contributed by atoms with Crippen LogP contribution < -0.4 is 10.2 Å². The molecule has 0 bridgehead atoms. The molecule has 0 radical (unpaired) electrons. The van der Waals surface area contributed by atoms with Crippen molar-refractivity contribution in [3.05, 3.63) is 52.7 Å². The van der Waals surface area contributed by atoms with Gasteiger partial charge in [0.05, 0.1) is 5.02 Å². The third-order valence-electron chi connectivity index (χ3n) is 4.85. The molecule has 0 atom stereocenters.